The number of hydrogen-bond acceptors (Lipinski definition) is 5. The van der Waals surface area contributed by atoms with Crippen molar-refractivity contribution in [3.05, 3.63) is 97.2 Å². The first kappa shape index (κ1) is 63.8. The minimum Gasteiger partial charge on any atom is -0.462 e. The number of carbonyl (C=O) groups excluding carboxylic acids is 2. The van der Waals surface area contributed by atoms with Gasteiger partial charge in [0.25, 0.3) is 0 Å². The smallest absolute Gasteiger partial charge is 0.306 e. The quantitative estimate of drug-likeness (QED) is 0.0244. The Morgan fingerprint density at radius 3 is 1.39 bits per heavy atom. The zero-order valence-electron chi connectivity index (χ0n) is 43.8. The fraction of sp³-hybridized carbons (Fsp3) is 0.705. The molecule has 0 aliphatic heterocycles. The van der Waals surface area contributed by atoms with E-state index in [1.54, 1.807) is 0 Å². The van der Waals surface area contributed by atoms with E-state index in [1.165, 1.54) is 135 Å². The molecule has 0 aliphatic rings. The molecule has 0 rings (SSSR count). The zero-order chi connectivity index (χ0) is 48.8. The van der Waals surface area contributed by atoms with Gasteiger partial charge in [-0.3, -0.25) is 9.59 Å². The van der Waals surface area contributed by atoms with Gasteiger partial charge in [-0.1, -0.05) is 266 Å². The molecule has 0 heterocycles. The summed E-state index contributed by atoms with van der Waals surface area (Å²) in [6.07, 6.45) is 71.8. The molecule has 0 aliphatic carbocycles. The highest BCUT2D eigenvalue weighted by Crippen LogP contribution is 2.17. The molecule has 67 heavy (non-hydrogen) atoms. The molecule has 3 atom stereocenters. The predicted molar refractivity (Wildman–Crippen MR) is 291 cm³/mol. The van der Waals surface area contributed by atoms with E-state index in [0.717, 1.165) is 70.6 Å². The van der Waals surface area contributed by atoms with Gasteiger partial charge in [-0.2, -0.15) is 0 Å². The van der Waals surface area contributed by atoms with E-state index in [1.807, 2.05) is 60.8 Å². The number of allylic oxidation sites excluding steroid dienone is 16. The molecule has 0 saturated heterocycles. The van der Waals surface area contributed by atoms with Gasteiger partial charge in [0, 0.05) is 6.42 Å². The molecule has 0 saturated carbocycles. The highest BCUT2D eigenvalue weighted by molar-refractivity contribution is 5.77. The number of hydrogen-bond donors (Lipinski definition) is 3. The van der Waals surface area contributed by atoms with Crippen LogP contribution in [-0.4, -0.2) is 46.9 Å². The number of aliphatic hydroxyl groups excluding tert-OH is 2. The Morgan fingerprint density at radius 2 is 0.881 bits per heavy atom. The molecule has 0 radical (unpaired) electrons. The van der Waals surface area contributed by atoms with Gasteiger partial charge in [0.2, 0.25) is 5.91 Å². The van der Waals surface area contributed by atoms with Crippen molar-refractivity contribution < 1.29 is 24.5 Å². The maximum Gasteiger partial charge on any atom is 0.306 e. The third-order valence-corrected chi connectivity index (χ3v) is 12.3. The number of ether oxygens (including phenoxy) is 1. The number of unbranched alkanes of at least 4 members (excludes halogenated alkanes) is 26. The van der Waals surface area contributed by atoms with Gasteiger partial charge in [-0.05, 0) is 70.6 Å². The Balaban J connectivity index is 4.69. The van der Waals surface area contributed by atoms with Crippen LogP contribution in [0.15, 0.2) is 97.2 Å². The molecular formula is C61H105NO5. The molecule has 0 bridgehead atoms. The van der Waals surface area contributed by atoms with Crippen molar-refractivity contribution in [2.75, 3.05) is 6.61 Å². The van der Waals surface area contributed by atoms with Crippen LogP contribution in [-0.2, 0) is 14.3 Å². The van der Waals surface area contributed by atoms with Crippen LogP contribution in [0.4, 0.5) is 0 Å². The molecule has 6 heteroatoms. The highest BCUT2D eigenvalue weighted by atomic mass is 16.5. The van der Waals surface area contributed by atoms with Gasteiger partial charge in [0.1, 0.15) is 6.10 Å². The lowest BCUT2D eigenvalue weighted by molar-refractivity contribution is -0.151. The minimum absolute atomic E-state index is 0.0188. The second-order valence-electron chi connectivity index (χ2n) is 18.8. The van der Waals surface area contributed by atoms with Gasteiger partial charge in [0.15, 0.2) is 0 Å². The minimum atomic E-state index is -0.815. The highest BCUT2D eigenvalue weighted by Gasteiger charge is 2.24. The maximum absolute atomic E-state index is 13.2. The molecular weight excluding hydrogens is 827 g/mol. The lowest BCUT2D eigenvalue weighted by Gasteiger charge is -2.24. The van der Waals surface area contributed by atoms with Crippen molar-refractivity contribution in [1.29, 1.82) is 0 Å². The van der Waals surface area contributed by atoms with Crippen molar-refractivity contribution in [1.82, 2.24) is 5.32 Å². The number of nitrogens with one attached hydrogen (secondary N) is 1. The summed E-state index contributed by atoms with van der Waals surface area (Å²) in [5, 5.41) is 23.8. The zero-order valence-corrected chi connectivity index (χ0v) is 43.8. The van der Waals surface area contributed by atoms with E-state index < -0.39 is 18.2 Å². The summed E-state index contributed by atoms with van der Waals surface area (Å²) in [4.78, 5) is 26.2. The summed E-state index contributed by atoms with van der Waals surface area (Å²) in [6.45, 7) is 6.30. The third-order valence-electron chi connectivity index (χ3n) is 12.3. The Labute approximate surface area is 414 Å². The Kier molecular flexibility index (Phi) is 51.1. The van der Waals surface area contributed by atoms with E-state index in [9.17, 15) is 19.8 Å². The first-order valence-electron chi connectivity index (χ1n) is 28.0. The van der Waals surface area contributed by atoms with E-state index in [4.69, 9.17) is 4.74 Å². The second-order valence-corrected chi connectivity index (χ2v) is 18.8. The molecule has 0 spiro atoms. The Morgan fingerprint density at radius 1 is 0.463 bits per heavy atom. The summed E-state index contributed by atoms with van der Waals surface area (Å²) in [5.41, 5.74) is 0. The number of rotatable bonds is 49. The molecule has 0 aromatic carbocycles. The van der Waals surface area contributed by atoms with Crippen LogP contribution in [0.1, 0.15) is 252 Å². The van der Waals surface area contributed by atoms with E-state index in [2.05, 4.69) is 62.5 Å². The molecule has 0 aromatic heterocycles. The Bertz CT molecular complexity index is 1320. The van der Waals surface area contributed by atoms with Crippen molar-refractivity contribution in [2.45, 2.75) is 270 Å². The molecule has 0 aromatic rings. The largest absolute Gasteiger partial charge is 0.462 e. The number of esters is 1. The molecule has 3 unspecified atom stereocenters. The molecule has 384 valence electrons. The summed E-state index contributed by atoms with van der Waals surface area (Å²) in [6, 6.07) is -0.734. The first-order valence-corrected chi connectivity index (χ1v) is 28.0. The first-order chi connectivity index (χ1) is 33.0. The lowest BCUT2D eigenvalue weighted by atomic mass is 10.0. The number of aliphatic hydroxyl groups is 2. The van der Waals surface area contributed by atoms with Gasteiger partial charge in [-0.25, -0.2) is 0 Å². The van der Waals surface area contributed by atoms with Crippen molar-refractivity contribution in [2.24, 2.45) is 0 Å². The lowest BCUT2D eigenvalue weighted by Crippen LogP contribution is -2.46. The fourth-order valence-electron chi connectivity index (χ4n) is 8.09. The van der Waals surface area contributed by atoms with Gasteiger partial charge in [0.05, 0.1) is 25.2 Å². The summed E-state index contributed by atoms with van der Waals surface area (Å²) in [5.74, 6) is -0.560. The van der Waals surface area contributed by atoms with Crippen molar-refractivity contribution >= 4 is 11.9 Å². The average Bonchev–Trinajstić information content (AvgIpc) is 3.32. The van der Waals surface area contributed by atoms with Gasteiger partial charge >= 0.3 is 5.97 Å². The van der Waals surface area contributed by atoms with Crippen LogP contribution < -0.4 is 5.32 Å². The third kappa shape index (κ3) is 49.0. The SMILES string of the molecule is CC\C=C/C=C/C=C/C=C\C=C\C=C\CCCC(CC(=O)NC(CO)C(O)CCCCCCCCCCCCCCCCCC)OC(=O)CCCCCCCCC/C=C\C/C=C\CCCCC. The molecule has 3 N–H and O–H groups in total. The van der Waals surface area contributed by atoms with Crippen LogP contribution in [0, 0.1) is 0 Å². The predicted octanol–water partition coefficient (Wildman–Crippen LogP) is 17.3. The molecule has 1 amide bonds. The fourth-order valence-corrected chi connectivity index (χ4v) is 8.09. The van der Waals surface area contributed by atoms with Gasteiger partial charge < -0.3 is 20.3 Å². The van der Waals surface area contributed by atoms with E-state index >= 15 is 0 Å². The van der Waals surface area contributed by atoms with Crippen LogP contribution in [0.5, 0.6) is 0 Å². The van der Waals surface area contributed by atoms with Crippen LogP contribution >= 0.6 is 0 Å². The van der Waals surface area contributed by atoms with E-state index in [-0.39, 0.29) is 24.9 Å². The topological polar surface area (TPSA) is 95.9 Å². The number of carbonyl (C=O) groups is 2. The average molecular weight is 933 g/mol. The number of amides is 1. The van der Waals surface area contributed by atoms with Crippen LogP contribution in [0.3, 0.4) is 0 Å². The van der Waals surface area contributed by atoms with Crippen molar-refractivity contribution in [3.8, 4) is 0 Å². The Hall–Kier alpha value is -3.22. The van der Waals surface area contributed by atoms with Crippen LogP contribution in [0.2, 0.25) is 0 Å². The summed E-state index contributed by atoms with van der Waals surface area (Å²) < 4.78 is 5.91. The van der Waals surface area contributed by atoms with Crippen LogP contribution in [0.25, 0.3) is 0 Å². The van der Waals surface area contributed by atoms with Gasteiger partial charge in [-0.15, -0.1) is 0 Å². The second kappa shape index (κ2) is 53.7. The normalized spacial score (nSPS) is 13.9. The molecule has 6 nitrogen and oxygen atoms in total. The standard InChI is InChI=1S/C61H105NO5/c1-4-7-10-13-16-19-22-25-28-30-33-36-39-42-45-48-51-54-61(66)67-57(52-49-46-43-40-37-34-31-27-24-21-18-15-12-9-6-3)55-60(65)62-58(56-63)59(64)53-50-47-44-41-38-35-32-29-26-23-20-17-14-11-8-5-2/h9,12,15-16,18-19,21,24-25,27-28,31,34,37,40,43,57-59,63-64H,4-8,10-11,13-14,17,20,22-23,26,29-30,32-33,35-36,38-39,41-42,44-56H2,1-3H3,(H,62,65)/b12-9-,18-15+,19-16-,24-21+,28-25-,31-27-,37-34+,43-40+. The summed E-state index contributed by atoms with van der Waals surface area (Å²) >= 11 is 0. The molecule has 0 fully saturated rings. The van der Waals surface area contributed by atoms with E-state index in [0.29, 0.717) is 19.3 Å². The maximum atomic E-state index is 13.2. The monoisotopic (exact) mass is 932 g/mol. The van der Waals surface area contributed by atoms with Crippen molar-refractivity contribution in [3.63, 3.8) is 0 Å². The summed E-state index contributed by atoms with van der Waals surface area (Å²) in [7, 11) is 0.